The Morgan fingerprint density at radius 2 is 1.68 bits per heavy atom. The topological polar surface area (TPSA) is 53.1 Å². The second-order valence-corrected chi connectivity index (χ2v) is 6.99. The van der Waals surface area contributed by atoms with Crippen molar-refractivity contribution in [2.24, 2.45) is 0 Å². The van der Waals surface area contributed by atoms with E-state index < -0.39 is 52.9 Å². The molecule has 1 aliphatic heterocycles. The summed E-state index contributed by atoms with van der Waals surface area (Å²) in [7, 11) is 1.09. The molecule has 0 bridgehead atoms. The van der Waals surface area contributed by atoms with Gasteiger partial charge in [-0.1, -0.05) is 6.42 Å². The van der Waals surface area contributed by atoms with E-state index in [0.29, 0.717) is 9.80 Å². The number of carbonyl (C=O) groups excluding carboxylic acids is 2. The lowest BCUT2D eigenvalue weighted by molar-refractivity contribution is -0.143. The van der Waals surface area contributed by atoms with E-state index in [1.807, 2.05) is 6.04 Å². The molecule has 180 valence electrons. The molecule has 0 N–H and O–H groups in total. The molecule has 3 amide bonds. The van der Waals surface area contributed by atoms with E-state index in [4.69, 9.17) is 11.2 Å². The maximum Gasteiger partial charge on any atom is 0.420 e. The van der Waals surface area contributed by atoms with E-state index in [2.05, 4.69) is 0 Å². The number of ether oxygens (including phenoxy) is 1. The molecule has 2 aromatic rings. The highest BCUT2D eigenvalue weighted by atomic mass is 19.4. The fourth-order valence-electron chi connectivity index (χ4n) is 3.10. The van der Waals surface area contributed by atoms with Gasteiger partial charge in [0, 0.05) is 25.3 Å². The molecule has 0 aliphatic carbocycles. The Hall–Kier alpha value is -3.95. The van der Waals surface area contributed by atoms with Gasteiger partial charge < -0.3 is 4.74 Å². The first kappa shape index (κ1) is 24.7. The minimum absolute atomic E-state index is 0.0178. The number of hydrogen-bond donors (Lipinski definition) is 0. The number of carbonyl (C=O) groups is 2. The van der Waals surface area contributed by atoms with E-state index >= 15 is 0 Å². The van der Waals surface area contributed by atoms with Crippen LogP contribution in [0.2, 0.25) is 0 Å². The van der Waals surface area contributed by atoms with Gasteiger partial charge in [-0.15, -0.1) is 0 Å². The van der Waals surface area contributed by atoms with Crippen LogP contribution in [0.1, 0.15) is 11.1 Å². The van der Waals surface area contributed by atoms with Crippen LogP contribution < -0.4 is 14.5 Å². The van der Waals surface area contributed by atoms with Crippen LogP contribution in [0.5, 0.6) is 5.75 Å². The van der Waals surface area contributed by atoms with E-state index in [-0.39, 0.29) is 30.9 Å². The molecule has 6 nitrogen and oxygen atoms in total. The van der Waals surface area contributed by atoms with Gasteiger partial charge in [0.15, 0.2) is 5.75 Å². The monoisotopic (exact) mass is 489 g/mol. The lowest BCUT2D eigenvalue weighted by Crippen LogP contribution is -2.33. The molecule has 0 unspecified atom stereocenters. The number of benzene rings is 2. The number of anilines is 2. The first-order valence-corrected chi connectivity index (χ1v) is 9.33. The van der Waals surface area contributed by atoms with Crippen molar-refractivity contribution in [3.05, 3.63) is 53.3 Å². The number of urea groups is 1. The van der Waals surface area contributed by atoms with Crippen molar-refractivity contribution >= 4 is 23.5 Å². The Morgan fingerprint density at radius 1 is 1.06 bits per heavy atom. The molecule has 3 rings (SSSR count). The minimum atomic E-state index is -5.39. The molecule has 1 saturated heterocycles. The summed E-state index contributed by atoms with van der Waals surface area (Å²) >= 11 is 0. The number of hydrogen-bond acceptors (Lipinski definition) is 3. The van der Waals surface area contributed by atoms with Crippen LogP contribution in [0.15, 0.2) is 36.4 Å². The highest BCUT2D eigenvalue weighted by Crippen LogP contribution is 2.46. The molecular formula is C21H14F7N3O3. The fraction of sp³-hybridized carbons (Fsp3) is 0.238. The number of alkyl halides is 6. The van der Waals surface area contributed by atoms with E-state index in [0.717, 1.165) is 36.2 Å². The normalized spacial score (nSPS) is 14.3. The largest absolute Gasteiger partial charge is 0.420 e. The molecule has 13 heteroatoms. The molecule has 0 radical (unpaired) electrons. The second-order valence-electron chi connectivity index (χ2n) is 6.99. The molecule has 0 atom stereocenters. The van der Waals surface area contributed by atoms with Crippen molar-refractivity contribution in [1.29, 1.82) is 0 Å². The van der Waals surface area contributed by atoms with Crippen LogP contribution in [-0.2, 0) is 12.4 Å². The Labute approximate surface area is 188 Å². The lowest BCUT2D eigenvalue weighted by atomic mass is 10.1. The zero-order chi connectivity index (χ0) is 25.4. The van der Waals surface area contributed by atoms with Gasteiger partial charge in [-0.05, 0) is 36.4 Å². The van der Waals surface area contributed by atoms with Gasteiger partial charge >= 0.3 is 24.5 Å². The number of nitrogens with zero attached hydrogens (tertiary/aromatic N) is 3. The third-order valence-electron chi connectivity index (χ3n) is 4.83. The molecule has 0 saturated carbocycles. The van der Waals surface area contributed by atoms with Crippen LogP contribution in [0.3, 0.4) is 0 Å². The Bertz CT molecular complexity index is 1150. The Kier molecular flexibility index (Phi) is 6.37. The van der Waals surface area contributed by atoms with Crippen LogP contribution in [0, 0.1) is 18.3 Å². The smallest absolute Gasteiger partial charge is 0.407 e. The lowest BCUT2D eigenvalue weighted by Gasteiger charge is -2.25. The van der Waals surface area contributed by atoms with E-state index in [1.54, 1.807) is 0 Å². The molecule has 1 fully saturated rings. The van der Waals surface area contributed by atoms with Crippen molar-refractivity contribution in [1.82, 2.24) is 4.90 Å². The molecular weight excluding hydrogens is 475 g/mol. The predicted octanol–water partition coefficient (Wildman–Crippen LogP) is 5.33. The summed E-state index contributed by atoms with van der Waals surface area (Å²) in [6, 6.07) is 5.15. The van der Waals surface area contributed by atoms with Gasteiger partial charge in [0.2, 0.25) is 0 Å². The van der Waals surface area contributed by atoms with Crippen molar-refractivity contribution < 1.29 is 45.1 Å². The average molecular weight is 489 g/mol. The van der Waals surface area contributed by atoms with Gasteiger partial charge in [0.25, 0.3) is 0 Å². The third-order valence-corrected chi connectivity index (χ3v) is 4.83. The van der Waals surface area contributed by atoms with Crippen molar-refractivity contribution in [3.63, 3.8) is 0 Å². The summed E-state index contributed by atoms with van der Waals surface area (Å²) in [6.07, 6.45) is -6.89. The molecule has 34 heavy (non-hydrogen) atoms. The Balaban J connectivity index is 2.15. The zero-order valence-corrected chi connectivity index (χ0v) is 17.2. The Morgan fingerprint density at radius 3 is 2.18 bits per heavy atom. The molecule has 0 aromatic heterocycles. The zero-order valence-electron chi connectivity index (χ0n) is 17.2. The quantitative estimate of drug-likeness (QED) is 0.433. The summed E-state index contributed by atoms with van der Waals surface area (Å²) in [6.45, 7) is -0.546. The third kappa shape index (κ3) is 4.85. The summed E-state index contributed by atoms with van der Waals surface area (Å²) in [4.78, 5) is 27.1. The van der Waals surface area contributed by atoms with E-state index in [1.165, 1.54) is 0 Å². The number of terminal acetylenes is 1. The summed E-state index contributed by atoms with van der Waals surface area (Å²) in [5, 5.41) is 0. The minimum Gasteiger partial charge on any atom is -0.407 e. The average Bonchev–Trinajstić information content (AvgIpc) is 3.12. The van der Waals surface area contributed by atoms with E-state index in [9.17, 15) is 40.3 Å². The van der Waals surface area contributed by atoms with Gasteiger partial charge in [0.1, 0.15) is 11.4 Å². The van der Waals surface area contributed by atoms with Crippen molar-refractivity contribution in [2.45, 2.75) is 12.4 Å². The van der Waals surface area contributed by atoms with Crippen molar-refractivity contribution in [3.8, 4) is 18.2 Å². The first-order valence-electron chi connectivity index (χ1n) is 9.33. The fourth-order valence-corrected chi connectivity index (χ4v) is 3.10. The highest BCUT2D eigenvalue weighted by Gasteiger charge is 2.43. The van der Waals surface area contributed by atoms with Crippen LogP contribution in [0.4, 0.5) is 51.7 Å². The van der Waals surface area contributed by atoms with Crippen LogP contribution in [-0.4, -0.2) is 37.2 Å². The summed E-state index contributed by atoms with van der Waals surface area (Å²) in [5.41, 5.74) is -4.56. The highest BCUT2D eigenvalue weighted by molar-refractivity contribution is 5.98. The van der Waals surface area contributed by atoms with Gasteiger partial charge in [0.05, 0.1) is 17.8 Å². The molecule has 2 aromatic carbocycles. The maximum atomic E-state index is 13.8. The molecule has 0 spiro atoms. The van der Waals surface area contributed by atoms with Crippen LogP contribution in [0.25, 0.3) is 0 Å². The maximum absolute atomic E-state index is 13.8. The number of amides is 3. The van der Waals surface area contributed by atoms with Crippen LogP contribution >= 0.6 is 0 Å². The summed E-state index contributed by atoms with van der Waals surface area (Å²) in [5.74, 6) is -1.97. The van der Waals surface area contributed by atoms with Crippen molar-refractivity contribution in [2.75, 3.05) is 29.9 Å². The summed E-state index contributed by atoms with van der Waals surface area (Å²) < 4.78 is 99.5. The van der Waals surface area contributed by atoms with Gasteiger partial charge in [-0.3, -0.25) is 14.7 Å². The predicted molar refractivity (Wildman–Crippen MR) is 106 cm³/mol. The van der Waals surface area contributed by atoms with Gasteiger partial charge in [-0.2, -0.15) is 26.3 Å². The molecule has 1 aliphatic rings. The number of rotatable bonds is 3. The molecule has 1 heterocycles. The number of halogens is 7. The van der Waals surface area contributed by atoms with Gasteiger partial charge in [-0.25, -0.2) is 14.0 Å². The first-order chi connectivity index (χ1) is 15.7. The standard InChI is InChI=1S/C21H14F7N3O3/c1-3-30-8-9-31(18(30)32)16-11-12(20(23,24)25)10-15(21(26,27)28)17(16)34-19(33)29(2)14-6-4-13(22)5-7-14/h1,4-7,10-11H,8-9H2,2H3. The SMILES string of the molecule is C#CN1CCN(c2cc(C(F)(F)F)cc(C(F)(F)F)c2OC(=O)N(C)c2ccc(F)cc2)C1=O. The second kappa shape index (κ2) is 8.77.